The van der Waals surface area contributed by atoms with Gasteiger partial charge in [0.2, 0.25) is 0 Å². The van der Waals surface area contributed by atoms with Crippen molar-refractivity contribution in [1.29, 1.82) is 0 Å². The third-order valence-corrected chi connectivity index (χ3v) is 3.72. The quantitative estimate of drug-likeness (QED) is 0.677. The molecule has 1 heterocycles. The van der Waals surface area contributed by atoms with Crippen molar-refractivity contribution < 1.29 is 14.8 Å². The zero-order chi connectivity index (χ0) is 13.1. The zero-order valence-electron chi connectivity index (χ0n) is 8.64. The molecule has 0 aliphatic rings. The van der Waals surface area contributed by atoms with Crippen molar-refractivity contribution in [3.05, 3.63) is 40.2 Å². The average Bonchev–Trinajstić information content (AvgIpc) is 2.81. The van der Waals surface area contributed by atoms with Gasteiger partial charge in [0.1, 0.15) is 6.33 Å². The first-order valence-electron chi connectivity index (χ1n) is 4.54. The number of carboxylic acid groups (broad SMARTS) is 1. The van der Waals surface area contributed by atoms with Crippen LogP contribution in [0.2, 0.25) is 0 Å². The van der Waals surface area contributed by atoms with E-state index in [0.717, 1.165) is 29.4 Å². The van der Waals surface area contributed by atoms with Crippen LogP contribution in [0, 0.1) is 10.1 Å². The molecule has 1 aromatic heterocycles. The summed E-state index contributed by atoms with van der Waals surface area (Å²) in [5.41, 5.74) is -0.159. The molecule has 0 aliphatic heterocycles. The van der Waals surface area contributed by atoms with E-state index in [9.17, 15) is 14.9 Å². The lowest BCUT2D eigenvalue weighted by molar-refractivity contribution is -0.385. The third-order valence-electron chi connectivity index (χ3n) is 1.94. The molecule has 92 valence electrons. The van der Waals surface area contributed by atoms with E-state index in [1.54, 1.807) is 0 Å². The van der Waals surface area contributed by atoms with E-state index in [-0.39, 0.29) is 16.1 Å². The summed E-state index contributed by atoms with van der Waals surface area (Å²) in [5, 5.41) is 19.7. The largest absolute Gasteiger partial charge is 0.478 e. The molecule has 0 unspecified atom stereocenters. The van der Waals surface area contributed by atoms with Crippen LogP contribution in [0.3, 0.4) is 0 Å². The first-order chi connectivity index (χ1) is 8.58. The molecule has 0 atom stereocenters. The Morgan fingerprint density at radius 2 is 2.28 bits per heavy atom. The number of rotatable bonds is 4. The molecule has 0 bridgehead atoms. The fourth-order valence-corrected chi connectivity index (χ4v) is 2.75. The molecule has 9 heteroatoms. The molecule has 0 radical (unpaired) electrons. The van der Waals surface area contributed by atoms with Gasteiger partial charge in [-0.15, -0.1) is 0 Å². The van der Waals surface area contributed by atoms with E-state index < -0.39 is 10.9 Å². The van der Waals surface area contributed by atoms with Gasteiger partial charge in [-0.05, 0) is 17.6 Å². The molecule has 0 fully saturated rings. The maximum Gasteiger partial charge on any atom is 0.336 e. The third kappa shape index (κ3) is 2.63. The molecule has 0 aliphatic carbocycles. The molecule has 0 amide bonds. The normalized spacial score (nSPS) is 10.2. The lowest BCUT2D eigenvalue weighted by Crippen LogP contribution is -2.00. The van der Waals surface area contributed by atoms with E-state index in [2.05, 4.69) is 9.36 Å². The molecular formula is C9H5N3O4S2. The number of nitro groups is 1. The van der Waals surface area contributed by atoms with Crippen molar-refractivity contribution in [1.82, 2.24) is 9.36 Å². The van der Waals surface area contributed by atoms with Crippen molar-refractivity contribution >= 4 is 35.0 Å². The van der Waals surface area contributed by atoms with Gasteiger partial charge in [-0.25, -0.2) is 9.78 Å². The molecule has 2 rings (SSSR count). The number of non-ortho nitro benzene ring substituents is 1. The van der Waals surface area contributed by atoms with Crippen molar-refractivity contribution in [2.75, 3.05) is 0 Å². The summed E-state index contributed by atoms with van der Waals surface area (Å²) in [6, 6.07) is 3.59. The van der Waals surface area contributed by atoms with Gasteiger partial charge in [0.25, 0.3) is 5.69 Å². The Hall–Kier alpha value is -2.00. The molecule has 18 heavy (non-hydrogen) atoms. The van der Waals surface area contributed by atoms with Crippen molar-refractivity contribution in [2.24, 2.45) is 0 Å². The van der Waals surface area contributed by atoms with Crippen molar-refractivity contribution in [3.8, 4) is 0 Å². The van der Waals surface area contributed by atoms with Crippen LogP contribution in [-0.4, -0.2) is 25.4 Å². The van der Waals surface area contributed by atoms with Crippen LogP contribution in [0.15, 0.2) is 33.8 Å². The minimum atomic E-state index is -1.14. The lowest BCUT2D eigenvalue weighted by atomic mass is 10.2. The number of hydrogen-bond donors (Lipinski definition) is 1. The molecule has 2 aromatic rings. The summed E-state index contributed by atoms with van der Waals surface area (Å²) in [4.78, 5) is 25.3. The molecule has 7 nitrogen and oxygen atoms in total. The number of aromatic nitrogens is 2. The van der Waals surface area contributed by atoms with Crippen LogP contribution in [0.4, 0.5) is 5.69 Å². The summed E-state index contributed by atoms with van der Waals surface area (Å²) in [6.07, 6.45) is 1.34. The minimum Gasteiger partial charge on any atom is -0.478 e. The molecule has 0 spiro atoms. The van der Waals surface area contributed by atoms with E-state index in [1.807, 2.05) is 0 Å². The monoisotopic (exact) mass is 283 g/mol. The number of benzene rings is 1. The predicted molar refractivity (Wildman–Crippen MR) is 64.1 cm³/mol. The smallest absolute Gasteiger partial charge is 0.336 e. The van der Waals surface area contributed by atoms with E-state index in [0.29, 0.717) is 4.34 Å². The van der Waals surface area contributed by atoms with Gasteiger partial charge in [-0.1, -0.05) is 11.8 Å². The number of nitro benzene ring substituents is 1. The van der Waals surface area contributed by atoms with Crippen LogP contribution in [-0.2, 0) is 0 Å². The molecule has 1 aromatic carbocycles. The number of aromatic carboxylic acids is 1. The topological polar surface area (TPSA) is 106 Å². The second-order valence-electron chi connectivity index (χ2n) is 3.05. The highest BCUT2D eigenvalue weighted by atomic mass is 32.2. The van der Waals surface area contributed by atoms with Crippen LogP contribution >= 0.6 is 23.3 Å². The van der Waals surface area contributed by atoms with Crippen molar-refractivity contribution in [3.63, 3.8) is 0 Å². The Morgan fingerprint density at radius 3 is 2.83 bits per heavy atom. The predicted octanol–water partition coefficient (Wildman–Crippen LogP) is 2.30. The molecule has 0 saturated carbocycles. The maximum atomic E-state index is 11.0. The Balaban J connectivity index is 2.43. The van der Waals surface area contributed by atoms with E-state index >= 15 is 0 Å². The van der Waals surface area contributed by atoms with E-state index in [1.165, 1.54) is 18.5 Å². The minimum absolute atomic E-state index is 0.000741. The molecule has 1 N–H and O–H groups in total. The molecule has 0 saturated heterocycles. The van der Waals surface area contributed by atoms with Gasteiger partial charge >= 0.3 is 5.97 Å². The fourth-order valence-electron chi connectivity index (χ4n) is 1.19. The van der Waals surface area contributed by atoms with Gasteiger partial charge in [-0.2, -0.15) is 4.37 Å². The Labute approximate surface area is 109 Å². The Bertz CT molecular complexity index is 600. The summed E-state index contributed by atoms with van der Waals surface area (Å²) >= 11 is 2.13. The van der Waals surface area contributed by atoms with Crippen molar-refractivity contribution in [2.45, 2.75) is 9.24 Å². The Morgan fingerprint density at radius 1 is 1.50 bits per heavy atom. The van der Waals surface area contributed by atoms with Gasteiger partial charge in [0.05, 0.1) is 10.5 Å². The van der Waals surface area contributed by atoms with Gasteiger partial charge in [0, 0.05) is 17.0 Å². The highest BCUT2D eigenvalue weighted by Crippen LogP contribution is 2.33. The fraction of sp³-hybridized carbons (Fsp3) is 0. The SMILES string of the molecule is O=C(O)c1ccc([N+](=O)[O-])cc1Sc1ncns1. The summed E-state index contributed by atoms with van der Waals surface area (Å²) in [7, 11) is 0. The highest BCUT2D eigenvalue weighted by molar-refractivity contribution is 8.01. The standard InChI is InChI=1S/C9H5N3O4S2/c13-8(14)6-2-1-5(12(15)16)3-7(6)17-9-10-4-11-18-9/h1-4H,(H,13,14). The van der Waals surface area contributed by atoms with Crippen LogP contribution < -0.4 is 0 Å². The Kier molecular flexibility index (Phi) is 3.53. The highest BCUT2D eigenvalue weighted by Gasteiger charge is 2.17. The van der Waals surface area contributed by atoms with Crippen LogP contribution in [0.25, 0.3) is 0 Å². The first-order valence-corrected chi connectivity index (χ1v) is 6.13. The summed E-state index contributed by atoms with van der Waals surface area (Å²) < 4.78 is 4.30. The lowest BCUT2D eigenvalue weighted by Gasteiger charge is -2.02. The van der Waals surface area contributed by atoms with Gasteiger partial charge in [-0.3, -0.25) is 10.1 Å². The summed E-state index contributed by atoms with van der Waals surface area (Å²) in [5.74, 6) is -1.14. The second kappa shape index (κ2) is 5.10. The van der Waals surface area contributed by atoms with Gasteiger partial charge in [0.15, 0.2) is 4.34 Å². The number of nitrogens with zero attached hydrogens (tertiary/aromatic N) is 3. The van der Waals surface area contributed by atoms with E-state index in [4.69, 9.17) is 5.11 Å². The van der Waals surface area contributed by atoms with Crippen LogP contribution in [0.1, 0.15) is 10.4 Å². The number of carbonyl (C=O) groups is 1. The first kappa shape index (κ1) is 12.5. The maximum absolute atomic E-state index is 11.0. The zero-order valence-corrected chi connectivity index (χ0v) is 10.3. The summed E-state index contributed by atoms with van der Waals surface area (Å²) in [6.45, 7) is 0. The van der Waals surface area contributed by atoms with Crippen LogP contribution in [0.5, 0.6) is 0 Å². The van der Waals surface area contributed by atoms with Gasteiger partial charge < -0.3 is 5.11 Å². The number of hydrogen-bond acceptors (Lipinski definition) is 7. The second-order valence-corrected chi connectivity index (χ2v) is 5.12. The average molecular weight is 283 g/mol. The number of carboxylic acids is 1. The molecular weight excluding hydrogens is 278 g/mol.